The SMILES string of the molecule is CC1(C)C(Nc2cnns2)[C@]2(C)CC[C@H]1C2. The van der Waals surface area contributed by atoms with Gasteiger partial charge in [-0.1, -0.05) is 25.3 Å². The standard InChI is InChI=1S/C12H19N3S/c1-11(2)8-4-5-12(3,6-8)10(11)14-9-7-13-15-16-9/h7-8,10,14H,4-6H2,1-3H3/t8-,10?,12+/m0/s1. The summed E-state index contributed by atoms with van der Waals surface area (Å²) in [7, 11) is 0. The van der Waals surface area contributed by atoms with Gasteiger partial charge in [0.2, 0.25) is 0 Å². The number of fused-ring (bicyclic) bond motifs is 2. The Morgan fingerprint density at radius 3 is 2.81 bits per heavy atom. The molecule has 1 N–H and O–H groups in total. The molecular weight excluding hydrogens is 218 g/mol. The van der Waals surface area contributed by atoms with E-state index in [1.165, 1.54) is 30.8 Å². The molecule has 0 aliphatic heterocycles. The van der Waals surface area contributed by atoms with Crippen LogP contribution in [0.5, 0.6) is 0 Å². The molecule has 16 heavy (non-hydrogen) atoms. The maximum atomic E-state index is 3.93. The highest BCUT2D eigenvalue weighted by Gasteiger charge is 2.59. The van der Waals surface area contributed by atoms with Crippen LogP contribution in [-0.2, 0) is 0 Å². The van der Waals surface area contributed by atoms with Crippen molar-refractivity contribution in [1.82, 2.24) is 9.59 Å². The quantitative estimate of drug-likeness (QED) is 0.858. The Morgan fingerprint density at radius 2 is 2.25 bits per heavy atom. The van der Waals surface area contributed by atoms with E-state index >= 15 is 0 Å². The second-order valence-electron chi connectivity index (χ2n) is 6.27. The summed E-state index contributed by atoms with van der Waals surface area (Å²) in [4.78, 5) is 0. The predicted octanol–water partition coefficient (Wildman–Crippen LogP) is 3.16. The number of nitrogens with zero attached hydrogens (tertiary/aromatic N) is 2. The van der Waals surface area contributed by atoms with Gasteiger partial charge in [0.1, 0.15) is 5.00 Å². The Kier molecular flexibility index (Phi) is 2.09. The number of rotatable bonds is 2. The van der Waals surface area contributed by atoms with Crippen LogP contribution in [0.15, 0.2) is 6.20 Å². The van der Waals surface area contributed by atoms with Crippen molar-refractivity contribution >= 4 is 16.5 Å². The summed E-state index contributed by atoms with van der Waals surface area (Å²) in [5.41, 5.74) is 0.870. The molecular formula is C12H19N3S. The maximum Gasteiger partial charge on any atom is 0.130 e. The van der Waals surface area contributed by atoms with E-state index in [9.17, 15) is 0 Å². The van der Waals surface area contributed by atoms with Crippen molar-refractivity contribution in [2.24, 2.45) is 16.7 Å². The summed E-state index contributed by atoms with van der Waals surface area (Å²) >= 11 is 1.46. The van der Waals surface area contributed by atoms with Gasteiger partial charge < -0.3 is 5.32 Å². The van der Waals surface area contributed by atoms with E-state index in [1.54, 1.807) is 0 Å². The van der Waals surface area contributed by atoms with E-state index in [-0.39, 0.29) is 0 Å². The lowest BCUT2D eigenvalue weighted by Crippen LogP contribution is -2.45. The van der Waals surface area contributed by atoms with E-state index in [2.05, 4.69) is 35.7 Å². The minimum Gasteiger partial charge on any atom is -0.371 e. The minimum absolute atomic E-state index is 0.400. The van der Waals surface area contributed by atoms with Crippen molar-refractivity contribution in [3.8, 4) is 0 Å². The largest absolute Gasteiger partial charge is 0.371 e. The van der Waals surface area contributed by atoms with Crippen LogP contribution in [0.1, 0.15) is 40.0 Å². The van der Waals surface area contributed by atoms with Crippen LogP contribution in [0.4, 0.5) is 5.00 Å². The molecule has 1 unspecified atom stereocenters. The highest BCUT2D eigenvalue weighted by Crippen LogP contribution is 2.63. The van der Waals surface area contributed by atoms with Gasteiger partial charge in [-0.3, -0.25) is 0 Å². The summed E-state index contributed by atoms with van der Waals surface area (Å²) < 4.78 is 3.93. The van der Waals surface area contributed by atoms with Crippen molar-refractivity contribution in [1.29, 1.82) is 0 Å². The highest BCUT2D eigenvalue weighted by atomic mass is 32.1. The molecule has 3 atom stereocenters. The number of nitrogens with one attached hydrogen (secondary N) is 1. The zero-order valence-electron chi connectivity index (χ0n) is 10.2. The lowest BCUT2D eigenvalue weighted by Gasteiger charge is -2.43. The topological polar surface area (TPSA) is 37.8 Å². The van der Waals surface area contributed by atoms with Crippen molar-refractivity contribution in [3.05, 3.63) is 6.20 Å². The van der Waals surface area contributed by atoms with Gasteiger partial charge in [-0.25, -0.2) is 0 Å². The molecule has 0 spiro atoms. The number of hydrogen-bond donors (Lipinski definition) is 1. The van der Waals surface area contributed by atoms with Gasteiger partial charge in [0.15, 0.2) is 0 Å². The normalized spacial score (nSPS) is 40.2. The van der Waals surface area contributed by atoms with Crippen LogP contribution in [-0.4, -0.2) is 15.6 Å². The Balaban J connectivity index is 1.88. The van der Waals surface area contributed by atoms with Crippen molar-refractivity contribution in [2.45, 2.75) is 46.1 Å². The third-order valence-corrected chi connectivity index (χ3v) is 5.51. The smallest absolute Gasteiger partial charge is 0.130 e. The van der Waals surface area contributed by atoms with Gasteiger partial charge in [0, 0.05) is 17.6 Å². The van der Waals surface area contributed by atoms with E-state index in [0.717, 1.165) is 10.9 Å². The second-order valence-corrected chi connectivity index (χ2v) is 7.06. The maximum absolute atomic E-state index is 3.93. The van der Waals surface area contributed by atoms with Crippen molar-refractivity contribution in [3.63, 3.8) is 0 Å². The molecule has 2 aliphatic carbocycles. The fourth-order valence-electron chi connectivity index (χ4n) is 4.04. The molecule has 3 nitrogen and oxygen atoms in total. The molecule has 2 fully saturated rings. The zero-order valence-corrected chi connectivity index (χ0v) is 11.0. The van der Waals surface area contributed by atoms with Crippen LogP contribution in [0.2, 0.25) is 0 Å². The molecule has 1 aromatic rings. The Hall–Kier alpha value is -0.640. The Labute approximate surface area is 101 Å². The van der Waals surface area contributed by atoms with Gasteiger partial charge in [0.25, 0.3) is 0 Å². The number of anilines is 1. The van der Waals surface area contributed by atoms with Gasteiger partial charge >= 0.3 is 0 Å². The van der Waals surface area contributed by atoms with Crippen LogP contribution >= 0.6 is 11.5 Å². The van der Waals surface area contributed by atoms with Crippen LogP contribution in [0.3, 0.4) is 0 Å². The lowest BCUT2D eigenvalue weighted by molar-refractivity contribution is 0.156. The van der Waals surface area contributed by atoms with Crippen LogP contribution in [0.25, 0.3) is 0 Å². The van der Waals surface area contributed by atoms with E-state index in [4.69, 9.17) is 0 Å². The molecule has 0 aromatic carbocycles. The van der Waals surface area contributed by atoms with Gasteiger partial charge in [-0.2, -0.15) is 0 Å². The molecule has 1 heterocycles. The molecule has 0 radical (unpaired) electrons. The Morgan fingerprint density at radius 1 is 1.44 bits per heavy atom. The van der Waals surface area contributed by atoms with E-state index < -0.39 is 0 Å². The van der Waals surface area contributed by atoms with Gasteiger partial charge in [-0.15, -0.1) is 5.10 Å². The highest BCUT2D eigenvalue weighted by molar-refractivity contribution is 7.09. The average molecular weight is 237 g/mol. The second kappa shape index (κ2) is 3.19. The summed E-state index contributed by atoms with van der Waals surface area (Å²) in [6.07, 6.45) is 5.99. The summed E-state index contributed by atoms with van der Waals surface area (Å²) in [5, 5.41) is 8.70. The minimum atomic E-state index is 0.400. The molecule has 2 bridgehead atoms. The molecule has 1 aromatic heterocycles. The molecule has 2 saturated carbocycles. The number of aromatic nitrogens is 2. The molecule has 0 saturated heterocycles. The number of hydrogen-bond acceptors (Lipinski definition) is 4. The first kappa shape index (κ1) is 10.5. The first-order chi connectivity index (χ1) is 7.52. The molecule has 3 rings (SSSR count). The first-order valence-corrected chi connectivity index (χ1v) is 6.84. The summed E-state index contributed by atoms with van der Waals surface area (Å²) in [6.45, 7) is 7.26. The van der Waals surface area contributed by atoms with Gasteiger partial charge in [-0.05, 0) is 36.0 Å². The van der Waals surface area contributed by atoms with Crippen LogP contribution in [0, 0.1) is 16.7 Å². The molecule has 2 aliphatic rings. The van der Waals surface area contributed by atoms with Crippen molar-refractivity contribution < 1.29 is 0 Å². The third-order valence-electron chi connectivity index (χ3n) is 4.92. The van der Waals surface area contributed by atoms with Gasteiger partial charge in [0.05, 0.1) is 6.20 Å². The predicted molar refractivity (Wildman–Crippen MR) is 66.5 cm³/mol. The lowest BCUT2D eigenvalue weighted by atomic mass is 9.68. The fraction of sp³-hybridized carbons (Fsp3) is 0.833. The average Bonchev–Trinajstić information content (AvgIpc) is 2.85. The monoisotopic (exact) mass is 237 g/mol. The molecule has 88 valence electrons. The third kappa shape index (κ3) is 1.32. The first-order valence-electron chi connectivity index (χ1n) is 6.06. The van der Waals surface area contributed by atoms with E-state index in [0.29, 0.717) is 16.9 Å². The van der Waals surface area contributed by atoms with E-state index in [1.807, 2.05) is 6.20 Å². The Bertz CT molecular complexity index is 382. The summed E-state index contributed by atoms with van der Waals surface area (Å²) in [6, 6.07) is 0.570. The summed E-state index contributed by atoms with van der Waals surface area (Å²) in [5.74, 6) is 0.885. The zero-order chi connectivity index (χ0) is 11.4. The fourth-order valence-corrected chi connectivity index (χ4v) is 4.48. The van der Waals surface area contributed by atoms with Crippen LogP contribution < -0.4 is 5.32 Å². The molecule has 4 heteroatoms. The van der Waals surface area contributed by atoms with Crippen molar-refractivity contribution in [2.75, 3.05) is 5.32 Å². The molecule has 0 amide bonds.